The Kier molecular flexibility index (Phi) is 4.05. The monoisotopic (exact) mass is 270 g/mol. The average molecular weight is 271 g/mol. The summed E-state index contributed by atoms with van der Waals surface area (Å²) in [5.74, 6) is 0. The van der Waals surface area contributed by atoms with Crippen LogP contribution >= 0.6 is 23.2 Å². The highest BCUT2D eigenvalue weighted by Crippen LogP contribution is 2.26. The van der Waals surface area contributed by atoms with Crippen LogP contribution in [0.5, 0.6) is 0 Å². The maximum Gasteiger partial charge on any atom is 0.0935 e. The van der Waals surface area contributed by atoms with Crippen LogP contribution in [0, 0.1) is 0 Å². The number of likely N-dealkylation sites (N-methyl/N-ethyl adjacent to an activating group) is 1. The van der Waals surface area contributed by atoms with Crippen molar-refractivity contribution in [2.45, 2.75) is 12.5 Å². The fourth-order valence-electron chi connectivity index (χ4n) is 1.66. The van der Waals surface area contributed by atoms with Gasteiger partial charge in [0, 0.05) is 6.20 Å². The van der Waals surface area contributed by atoms with Crippen molar-refractivity contribution in [3.8, 4) is 0 Å². The van der Waals surface area contributed by atoms with E-state index >= 15 is 0 Å². The van der Waals surface area contributed by atoms with Gasteiger partial charge >= 0.3 is 0 Å². The summed E-state index contributed by atoms with van der Waals surface area (Å²) in [4.78, 5) is 4.27. The van der Waals surface area contributed by atoms with Crippen molar-refractivity contribution in [1.82, 2.24) is 10.3 Å². The second kappa shape index (κ2) is 5.54. The van der Waals surface area contributed by atoms with Crippen molar-refractivity contribution >= 4 is 23.2 Å². The quantitative estimate of drug-likeness (QED) is 0.925. The first kappa shape index (κ1) is 12.4. The summed E-state index contributed by atoms with van der Waals surface area (Å²) in [6.45, 7) is 0. The van der Waals surface area contributed by atoms with Crippen LogP contribution in [-0.2, 0) is 6.42 Å². The number of hydrogen-bond donors (Lipinski definition) is 1. The molecule has 1 N–H and O–H groups in total. The van der Waals surface area contributed by atoms with Gasteiger partial charge in [-0.2, -0.15) is 0 Å². The molecule has 2 rings (SSSR count). The minimum atomic E-state index is 0.0392. The zero-order valence-corrected chi connectivity index (χ0v) is 10.8. The molecular formula is C12H12Cl2N2O. The maximum absolute atomic E-state index is 6.13. The number of pyridine rings is 1. The lowest BCUT2D eigenvalue weighted by Crippen LogP contribution is -2.20. The zero-order chi connectivity index (χ0) is 12.3. The summed E-state index contributed by atoms with van der Waals surface area (Å²) in [6, 6.07) is 3.66. The Morgan fingerprint density at radius 2 is 2.29 bits per heavy atom. The Morgan fingerprint density at radius 1 is 1.47 bits per heavy atom. The molecule has 0 bridgehead atoms. The van der Waals surface area contributed by atoms with Gasteiger partial charge in [-0.1, -0.05) is 23.2 Å². The Hall–Kier alpha value is -1.03. The minimum Gasteiger partial charge on any atom is -0.472 e. The van der Waals surface area contributed by atoms with Gasteiger partial charge in [-0.05, 0) is 31.2 Å². The van der Waals surface area contributed by atoms with Crippen molar-refractivity contribution in [3.05, 3.63) is 52.2 Å². The van der Waals surface area contributed by atoms with E-state index in [0.29, 0.717) is 10.0 Å². The molecular weight excluding hydrogens is 259 g/mol. The number of aromatic nitrogens is 1. The van der Waals surface area contributed by atoms with Crippen LogP contribution in [0.25, 0.3) is 0 Å². The first-order chi connectivity index (χ1) is 8.20. The molecule has 0 saturated carbocycles. The molecule has 90 valence electrons. The molecule has 17 heavy (non-hydrogen) atoms. The fourth-order valence-corrected chi connectivity index (χ4v) is 2.17. The average Bonchev–Trinajstić information content (AvgIpc) is 2.79. The lowest BCUT2D eigenvalue weighted by atomic mass is 10.1. The van der Waals surface area contributed by atoms with Gasteiger partial charge in [0.15, 0.2) is 0 Å². The molecule has 0 aliphatic heterocycles. The van der Waals surface area contributed by atoms with Crippen molar-refractivity contribution in [3.63, 3.8) is 0 Å². The van der Waals surface area contributed by atoms with Crippen molar-refractivity contribution in [2.75, 3.05) is 7.05 Å². The standard InChI is InChI=1S/C12H12Cl2N2O/c1-15-11(4-8-2-3-17-7-8)12-10(14)5-9(13)6-16-12/h2-3,5-7,11,15H,4H2,1H3. The molecule has 3 nitrogen and oxygen atoms in total. The normalized spacial score (nSPS) is 12.6. The lowest BCUT2D eigenvalue weighted by Gasteiger charge is -2.16. The van der Waals surface area contributed by atoms with E-state index < -0.39 is 0 Å². The summed E-state index contributed by atoms with van der Waals surface area (Å²) in [5, 5.41) is 4.29. The number of nitrogens with zero attached hydrogens (tertiary/aromatic N) is 1. The lowest BCUT2D eigenvalue weighted by molar-refractivity contribution is 0.547. The Morgan fingerprint density at radius 3 is 2.88 bits per heavy atom. The van der Waals surface area contributed by atoms with E-state index in [1.165, 1.54) is 0 Å². The number of hydrogen-bond acceptors (Lipinski definition) is 3. The molecule has 0 amide bonds. The highest BCUT2D eigenvalue weighted by Gasteiger charge is 2.16. The summed E-state index contributed by atoms with van der Waals surface area (Å²) in [7, 11) is 1.87. The number of rotatable bonds is 4. The van der Waals surface area contributed by atoms with E-state index in [1.807, 2.05) is 13.1 Å². The molecule has 5 heteroatoms. The van der Waals surface area contributed by atoms with Gasteiger partial charge in [0.05, 0.1) is 34.3 Å². The Labute approximate surface area is 110 Å². The third-order valence-electron chi connectivity index (χ3n) is 2.53. The van der Waals surface area contributed by atoms with Gasteiger partial charge in [0.1, 0.15) is 0 Å². The summed E-state index contributed by atoms with van der Waals surface area (Å²) in [6.07, 6.45) is 5.73. The van der Waals surface area contributed by atoms with E-state index in [1.54, 1.807) is 24.8 Å². The third-order valence-corrected chi connectivity index (χ3v) is 3.04. The minimum absolute atomic E-state index is 0.0392. The van der Waals surface area contributed by atoms with Crippen LogP contribution in [0.15, 0.2) is 35.3 Å². The van der Waals surface area contributed by atoms with Crippen LogP contribution in [0.2, 0.25) is 10.0 Å². The van der Waals surface area contributed by atoms with E-state index in [0.717, 1.165) is 17.7 Å². The molecule has 0 spiro atoms. The van der Waals surface area contributed by atoms with Crippen LogP contribution in [0.3, 0.4) is 0 Å². The molecule has 1 unspecified atom stereocenters. The molecule has 2 aromatic heterocycles. The number of furan rings is 1. The van der Waals surface area contributed by atoms with Gasteiger partial charge in [-0.25, -0.2) is 0 Å². The molecule has 0 aromatic carbocycles. The van der Waals surface area contributed by atoms with E-state index in [9.17, 15) is 0 Å². The Bertz CT molecular complexity index is 485. The van der Waals surface area contributed by atoms with Crippen LogP contribution < -0.4 is 5.32 Å². The first-order valence-electron chi connectivity index (χ1n) is 5.20. The van der Waals surface area contributed by atoms with Gasteiger partial charge in [-0.15, -0.1) is 0 Å². The SMILES string of the molecule is CNC(Cc1ccoc1)c1ncc(Cl)cc1Cl. The summed E-state index contributed by atoms with van der Waals surface area (Å²) >= 11 is 12.0. The highest BCUT2D eigenvalue weighted by molar-refractivity contribution is 6.34. The second-order valence-electron chi connectivity index (χ2n) is 3.70. The number of halogens is 2. The van der Waals surface area contributed by atoms with Crippen LogP contribution in [0.1, 0.15) is 17.3 Å². The van der Waals surface area contributed by atoms with E-state index in [-0.39, 0.29) is 6.04 Å². The molecule has 1 atom stereocenters. The predicted molar refractivity (Wildman–Crippen MR) is 68.5 cm³/mol. The van der Waals surface area contributed by atoms with Gasteiger partial charge in [0.25, 0.3) is 0 Å². The predicted octanol–water partition coefficient (Wildman–Crippen LogP) is 3.48. The molecule has 0 fully saturated rings. The second-order valence-corrected chi connectivity index (χ2v) is 4.54. The molecule has 0 radical (unpaired) electrons. The third kappa shape index (κ3) is 3.00. The van der Waals surface area contributed by atoms with E-state index in [2.05, 4.69) is 10.3 Å². The van der Waals surface area contributed by atoms with Gasteiger partial charge in [0.2, 0.25) is 0 Å². The van der Waals surface area contributed by atoms with Gasteiger partial charge < -0.3 is 9.73 Å². The molecule has 0 aliphatic rings. The van der Waals surface area contributed by atoms with Gasteiger partial charge in [-0.3, -0.25) is 4.98 Å². The van der Waals surface area contributed by atoms with Crippen LogP contribution in [0.4, 0.5) is 0 Å². The topological polar surface area (TPSA) is 38.1 Å². The largest absolute Gasteiger partial charge is 0.472 e. The molecule has 0 aliphatic carbocycles. The maximum atomic E-state index is 6.13. The zero-order valence-electron chi connectivity index (χ0n) is 9.28. The first-order valence-corrected chi connectivity index (χ1v) is 5.95. The van der Waals surface area contributed by atoms with E-state index in [4.69, 9.17) is 27.6 Å². The van der Waals surface area contributed by atoms with Crippen molar-refractivity contribution in [1.29, 1.82) is 0 Å². The highest BCUT2D eigenvalue weighted by atomic mass is 35.5. The smallest absolute Gasteiger partial charge is 0.0935 e. The van der Waals surface area contributed by atoms with Crippen LogP contribution in [-0.4, -0.2) is 12.0 Å². The molecule has 2 heterocycles. The molecule has 0 saturated heterocycles. The van der Waals surface area contributed by atoms with Crippen molar-refractivity contribution < 1.29 is 4.42 Å². The fraction of sp³-hybridized carbons (Fsp3) is 0.250. The summed E-state index contributed by atoms with van der Waals surface area (Å²) in [5.41, 5.74) is 1.89. The Balaban J connectivity index is 2.23. The molecule has 2 aromatic rings. The number of nitrogens with one attached hydrogen (secondary N) is 1. The summed E-state index contributed by atoms with van der Waals surface area (Å²) < 4.78 is 5.04. The van der Waals surface area contributed by atoms with Crippen molar-refractivity contribution in [2.24, 2.45) is 0 Å².